The lowest BCUT2D eigenvalue weighted by Crippen LogP contribution is -2.56. The normalized spacial score (nSPS) is 21.1. The van der Waals surface area contributed by atoms with Gasteiger partial charge in [-0.05, 0) is 38.3 Å². The third-order valence-electron chi connectivity index (χ3n) is 6.10. The number of hydrogen-bond donors (Lipinski definition) is 0. The first-order valence-electron chi connectivity index (χ1n) is 10.2. The van der Waals surface area contributed by atoms with Crippen LogP contribution in [0.15, 0.2) is 28.9 Å². The van der Waals surface area contributed by atoms with Gasteiger partial charge in [-0.2, -0.15) is 0 Å². The third kappa shape index (κ3) is 4.04. The van der Waals surface area contributed by atoms with Gasteiger partial charge < -0.3 is 9.80 Å². The number of benzene rings is 1. The second kappa shape index (κ2) is 8.31. The number of rotatable bonds is 4. The van der Waals surface area contributed by atoms with Crippen molar-refractivity contribution in [2.45, 2.75) is 39.2 Å². The van der Waals surface area contributed by atoms with Crippen LogP contribution in [0.4, 0.5) is 5.69 Å². The fraction of sp³-hybridized carbons (Fsp3) is 0.571. The zero-order valence-corrected chi connectivity index (χ0v) is 16.8. The summed E-state index contributed by atoms with van der Waals surface area (Å²) >= 11 is 0. The lowest BCUT2D eigenvalue weighted by Gasteiger charge is -2.44. The van der Waals surface area contributed by atoms with Crippen molar-refractivity contribution in [1.82, 2.24) is 20.1 Å². The molecule has 0 saturated carbocycles. The Balaban J connectivity index is 1.32. The highest BCUT2D eigenvalue weighted by molar-refractivity contribution is 5.78. The number of aryl methyl sites for hydroxylation is 2. The summed E-state index contributed by atoms with van der Waals surface area (Å²) in [5.41, 5.74) is 4.04. The van der Waals surface area contributed by atoms with Crippen LogP contribution in [0.2, 0.25) is 0 Å². The van der Waals surface area contributed by atoms with Crippen molar-refractivity contribution < 1.29 is 9.42 Å². The van der Waals surface area contributed by atoms with Crippen molar-refractivity contribution in [3.05, 3.63) is 41.2 Å². The Morgan fingerprint density at radius 1 is 1.11 bits per heavy atom. The van der Waals surface area contributed by atoms with Gasteiger partial charge >= 0.3 is 0 Å². The lowest BCUT2D eigenvalue weighted by atomic mass is 10.0. The average Bonchev–Trinajstić information content (AvgIpc) is 3.13. The molecule has 0 radical (unpaired) electrons. The van der Waals surface area contributed by atoms with Gasteiger partial charge in [-0.3, -0.25) is 9.69 Å². The van der Waals surface area contributed by atoms with Crippen LogP contribution < -0.4 is 4.90 Å². The van der Waals surface area contributed by atoms with E-state index in [4.69, 9.17) is 4.63 Å². The Morgan fingerprint density at radius 3 is 2.61 bits per heavy atom. The highest BCUT2D eigenvalue weighted by atomic mass is 16.6. The summed E-state index contributed by atoms with van der Waals surface area (Å²) in [6, 6.07) is 9.06. The van der Waals surface area contributed by atoms with Gasteiger partial charge in [-0.1, -0.05) is 28.5 Å². The summed E-state index contributed by atoms with van der Waals surface area (Å²) in [4.78, 5) is 19.8. The summed E-state index contributed by atoms with van der Waals surface area (Å²) in [5, 5.41) is 7.63. The Hall–Kier alpha value is -2.41. The molecule has 0 aliphatic carbocycles. The molecule has 3 heterocycles. The van der Waals surface area contributed by atoms with Gasteiger partial charge in [0, 0.05) is 51.0 Å². The largest absolute Gasteiger partial charge is 0.369 e. The van der Waals surface area contributed by atoms with Crippen molar-refractivity contribution in [2.24, 2.45) is 0 Å². The van der Waals surface area contributed by atoms with Crippen LogP contribution >= 0.6 is 0 Å². The number of carbonyl (C=O) groups excluding carboxylic acids is 1. The zero-order valence-electron chi connectivity index (χ0n) is 16.8. The second-order valence-corrected chi connectivity index (χ2v) is 7.92. The SMILES string of the molecule is Cc1ccccc1N1CCN([C@@H]2CCCN(C(=O)Cc3nonc3C)C2)CC1. The van der Waals surface area contributed by atoms with E-state index in [0.717, 1.165) is 45.7 Å². The van der Waals surface area contributed by atoms with Gasteiger partial charge in [-0.25, -0.2) is 4.63 Å². The first-order valence-corrected chi connectivity index (χ1v) is 10.2. The van der Waals surface area contributed by atoms with E-state index < -0.39 is 0 Å². The number of amides is 1. The highest BCUT2D eigenvalue weighted by Crippen LogP contribution is 2.23. The number of anilines is 1. The standard InChI is InChI=1S/C21H29N5O2/c1-16-6-3-4-8-20(16)25-12-10-24(11-13-25)18-7-5-9-26(15-18)21(27)14-19-17(2)22-28-23-19/h3-4,6,8,18H,5,7,9-15H2,1-2H3/t18-/m1/s1. The molecule has 2 aromatic rings. The minimum Gasteiger partial charge on any atom is -0.369 e. The maximum atomic E-state index is 12.7. The maximum absolute atomic E-state index is 12.7. The van der Waals surface area contributed by atoms with E-state index in [2.05, 4.69) is 51.3 Å². The van der Waals surface area contributed by atoms with Crippen LogP contribution in [0.1, 0.15) is 29.8 Å². The zero-order chi connectivity index (χ0) is 19.5. The highest BCUT2D eigenvalue weighted by Gasteiger charge is 2.30. The van der Waals surface area contributed by atoms with Crippen LogP contribution in [-0.2, 0) is 11.2 Å². The van der Waals surface area contributed by atoms with E-state index in [1.807, 2.05) is 11.8 Å². The van der Waals surface area contributed by atoms with Crippen molar-refractivity contribution in [3.8, 4) is 0 Å². The Bertz CT molecular complexity index is 813. The molecule has 2 aliphatic rings. The molecule has 1 aromatic heterocycles. The molecule has 4 rings (SSSR count). The molecule has 2 saturated heterocycles. The van der Waals surface area contributed by atoms with Crippen LogP contribution in [0.25, 0.3) is 0 Å². The second-order valence-electron chi connectivity index (χ2n) is 7.92. The predicted octanol–water partition coefficient (Wildman–Crippen LogP) is 2.04. The van der Waals surface area contributed by atoms with Crippen LogP contribution in [0.5, 0.6) is 0 Å². The summed E-state index contributed by atoms with van der Waals surface area (Å²) in [6.45, 7) is 9.83. The van der Waals surface area contributed by atoms with Crippen molar-refractivity contribution in [2.75, 3.05) is 44.2 Å². The summed E-state index contributed by atoms with van der Waals surface area (Å²) in [7, 11) is 0. The van der Waals surface area contributed by atoms with Crippen LogP contribution in [0.3, 0.4) is 0 Å². The smallest absolute Gasteiger partial charge is 0.228 e. The molecular formula is C21H29N5O2. The van der Waals surface area contributed by atoms with Gasteiger partial charge in [0.25, 0.3) is 0 Å². The van der Waals surface area contributed by atoms with Crippen LogP contribution in [0, 0.1) is 13.8 Å². The quantitative estimate of drug-likeness (QED) is 0.805. The number of nitrogens with zero attached hydrogens (tertiary/aromatic N) is 5. The van der Waals surface area contributed by atoms with Gasteiger partial charge in [0.15, 0.2) is 0 Å². The molecule has 0 spiro atoms. The first-order chi connectivity index (χ1) is 13.6. The molecule has 2 aliphatic heterocycles. The molecule has 1 aromatic carbocycles. The maximum Gasteiger partial charge on any atom is 0.228 e. The molecule has 150 valence electrons. The van der Waals surface area contributed by atoms with E-state index in [1.165, 1.54) is 17.7 Å². The Morgan fingerprint density at radius 2 is 1.89 bits per heavy atom. The molecule has 0 unspecified atom stereocenters. The molecule has 0 bridgehead atoms. The van der Waals surface area contributed by atoms with Crippen molar-refractivity contribution in [3.63, 3.8) is 0 Å². The number of para-hydroxylation sites is 1. The average molecular weight is 383 g/mol. The minimum atomic E-state index is 0.127. The van der Waals surface area contributed by atoms with E-state index in [1.54, 1.807) is 0 Å². The van der Waals surface area contributed by atoms with Gasteiger partial charge in [0.05, 0.1) is 6.42 Å². The van der Waals surface area contributed by atoms with E-state index in [-0.39, 0.29) is 12.3 Å². The fourth-order valence-corrected chi connectivity index (χ4v) is 4.39. The van der Waals surface area contributed by atoms with Crippen molar-refractivity contribution in [1.29, 1.82) is 0 Å². The first kappa shape index (κ1) is 18.9. The van der Waals surface area contributed by atoms with Crippen LogP contribution in [-0.4, -0.2) is 71.3 Å². The molecule has 2 fully saturated rings. The van der Waals surface area contributed by atoms with Gasteiger partial charge in [-0.15, -0.1) is 0 Å². The molecular weight excluding hydrogens is 354 g/mol. The van der Waals surface area contributed by atoms with Crippen molar-refractivity contribution >= 4 is 11.6 Å². The summed E-state index contributed by atoms with van der Waals surface area (Å²) in [5.74, 6) is 0.127. The predicted molar refractivity (Wildman–Crippen MR) is 107 cm³/mol. The molecule has 28 heavy (non-hydrogen) atoms. The Kier molecular flexibility index (Phi) is 5.62. The summed E-state index contributed by atoms with van der Waals surface area (Å²) < 4.78 is 4.72. The third-order valence-corrected chi connectivity index (χ3v) is 6.10. The van der Waals surface area contributed by atoms with E-state index in [0.29, 0.717) is 17.4 Å². The minimum absolute atomic E-state index is 0.127. The molecule has 7 heteroatoms. The van der Waals surface area contributed by atoms with E-state index in [9.17, 15) is 4.79 Å². The van der Waals surface area contributed by atoms with Gasteiger partial charge in [0.1, 0.15) is 11.4 Å². The topological polar surface area (TPSA) is 65.7 Å². The number of piperazine rings is 1. The summed E-state index contributed by atoms with van der Waals surface area (Å²) in [6.07, 6.45) is 2.51. The lowest BCUT2D eigenvalue weighted by molar-refractivity contribution is -0.132. The number of hydrogen-bond acceptors (Lipinski definition) is 6. The monoisotopic (exact) mass is 383 g/mol. The number of aromatic nitrogens is 2. The molecule has 1 atom stereocenters. The molecule has 1 amide bonds. The van der Waals surface area contributed by atoms with Gasteiger partial charge in [0.2, 0.25) is 5.91 Å². The Labute approximate surface area is 166 Å². The number of carbonyl (C=O) groups is 1. The molecule has 7 nitrogen and oxygen atoms in total. The van der Waals surface area contributed by atoms with E-state index >= 15 is 0 Å². The number of likely N-dealkylation sites (tertiary alicyclic amines) is 1. The molecule has 0 N–H and O–H groups in total. The number of piperidine rings is 1. The fourth-order valence-electron chi connectivity index (χ4n) is 4.39.